The molecule has 0 aliphatic heterocycles. The monoisotopic (exact) mass is 303 g/mol. The molecule has 0 saturated carbocycles. The molecule has 3 rings (SSSR count). The van der Waals surface area contributed by atoms with Crippen LogP contribution in [-0.2, 0) is 0 Å². The molecule has 3 aromatic rings. The normalized spacial score (nSPS) is 10.8. The van der Waals surface area contributed by atoms with Gasteiger partial charge in [-0.1, -0.05) is 23.7 Å². The number of anilines is 1. The molecule has 21 heavy (non-hydrogen) atoms. The lowest BCUT2D eigenvalue weighted by molar-refractivity contribution is 0.628. The van der Waals surface area contributed by atoms with Crippen LogP contribution in [0.15, 0.2) is 36.4 Å². The van der Waals surface area contributed by atoms with E-state index in [9.17, 15) is 4.39 Å². The summed E-state index contributed by atoms with van der Waals surface area (Å²) in [7, 11) is 0. The minimum absolute atomic E-state index is 0.336. The molecule has 0 saturated heterocycles. The maximum absolute atomic E-state index is 13.5. The van der Waals surface area contributed by atoms with E-state index in [2.05, 4.69) is 15.5 Å². The van der Waals surface area contributed by atoms with E-state index in [1.165, 1.54) is 22.9 Å². The largest absolute Gasteiger partial charge is 0.398 e. The minimum atomic E-state index is -0.412. The van der Waals surface area contributed by atoms with E-state index >= 15 is 0 Å². The van der Waals surface area contributed by atoms with Crippen LogP contribution in [-0.4, -0.2) is 20.2 Å². The molecule has 0 aliphatic carbocycles. The number of hydrogen-bond acceptors (Lipinski definition) is 4. The van der Waals surface area contributed by atoms with E-state index < -0.39 is 5.82 Å². The van der Waals surface area contributed by atoms with E-state index in [0.29, 0.717) is 27.8 Å². The number of halogens is 2. The highest BCUT2D eigenvalue weighted by molar-refractivity contribution is 6.32. The summed E-state index contributed by atoms with van der Waals surface area (Å²) in [6.45, 7) is 1.89. The highest BCUT2D eigenvalue weighted by Crippen LogP contribution is 2.30. The van der Waals surface area contributed by atoms with Crippen LogP contribution in [0.2, 0.25) is 5.02 Å². The smallest absolute Gasteiger partial charge is 0.189 e. The quantitative estimate of drug-likeness (QED) is 0.739. The summed E-state index contributed by atoms with van der Waals surface area (Å²) in [5, 5.41) is 12.0. The Morgan fingerprint density at radius 2 is 2.05 bits per heavy atom. The summed E-state index contributed by atoms with van der Waals surface area (Å²) in [5.74, 6) is -0.0761. The van der Waals surface area contributed by atoms with Gasteiger partial charge in [0.15, 0.2) is 5.82 Å². The number of benzene rings is 2. The molecule has 7 heteroatoms. The number of nitrogens with zero attached hydrogens (tertiary/aromatic N) is 4. The van der Waals surface area contributed by atoms with Gasteiger partial charge < -0.3 is 5.73 Å². The van der Waals surface area contributed by atoms with E-state index in [-0.39, 0.29) is 0 Å². The summed E-state index contributed by atoms with van der Waals surface area (Å²) in [4.78, 5) is 0. The summed E-state index contributed by atoms with van der Waals surface area (Å²) in [5.41, 5.74) is 8.23. The van der Waals surface area contributed by atoms with Crippen molar-refractivity contribution in [1.82, 2.24) is 20.2 Å². The van der Waals surface area contributed by atoms with Crippen LogP contribution in [0.5, 0.6) is 0 Å². The van der Waals surface area contributed by atoms with Crippen LogP contribution in [0.1, 0.15) is 5.56 Å². The Balaban J connectivity index is 2.25. The van der Waals surface area contributed by atoms with Gasteiger partial charge in [0.25, 0.3) is 0 Å². The zero-order valence-corrected chi connectivity index (χ0v) is 11.8. The lowest BCUT2D eigenvalue weighted by Gasteiger charge is -2.10. The SMILES string of the molecule is Cc1cccc(Cl)c1-n1nnnc1-c1cc(F)ccc1N. The third-order valence-corrected chi connectivity index (χ3v) is 3.43. The first kappa shape index (κ1) is 13.5. The van der Waals surface area contributed by atoms with Crippen molar-refractivity contribution >= 4 is 17.3 Å². The molecule has 2 aromatic carbocycles. The lowest BCUT2D eigenvalue weighted by Crippen LogP contribution is -2.04. The van der Waals surface area contributed by atoms with Crippen molar-refractivity contribution in [3.63, 3.8) is 0 Å². The average Bonchev–Trinajstić information content (AvgIpc) is 2.90. The van der Waals surface area contributed by atoms with Crippen molar-refractivity contribution in [3.05, 3.63) is 52.8 Å². The Labute approximate surface area is 125 Å². The van der Waals surface area contributed by atoms with E-state index in [1.807, 2.05) is 19.1 Å². The molecule has 1 heterocycles. The zero-order valence-electron chi connectivity index (χ0n) is 11.1. The van der Waals surface area contributed by atoms with Crippen LogP contribution in [0.3, 0.4) is 0 Å². The summed E-state index contributed by atoms with van der Waals surface area (Å²) in [6.07, 6.45) is 0. The number of nitrogen functional groups attached to an aromatic ring is 1. The third-order valence-electron chi connectivity index (χ3n) is 3.13. The first-order chi connectivity index (χ1) is 10.1. The van der Waals surface area contributed by atoms with Gasteiger partial charge in [0, 0.05) is 11.3 Å². The lowest BCUT2D eigenvalue weighted by atomic mass is 10.1. The van der Waals surface area contributed by atoms with Gasteiger partial charge in [-0.3, -0.25) is 0 Å². The Morgan fingerprint density at radius 3 is 2.81 bits per heavy atom. The predicted molar refractivity (Wildman–Crippen MR) is 78.7 cm³/mol. The van der Waals surface area contributed by atoms with E-state index in [1.54, 1.807) is 6.07 Å². The van der Waals surface area contributed by atoms with Crippen LogP contribution in [0, 0.1) is 12.7 Å². The topological polar surface area (TPSA) is 69.6 Å². The van der Waals surface area contributed by atoms with Crippen molar-refractivity contribution in [2.24, 2.45) is 0 Å². The number of aromatic nitrogens is 4. The van der Waals surface area contributed by atoms with Crippen LogP contribution in [0.4, 0.5) is 10.1 Å². The average molecular weight is 304 g/mol. The van der Waals surface area contributed by atoms with Gasteiger partial charge in [0.1, 0.15) is 5.82 Å². The van der Waals surface area contributed by atoms with Crippen molar-refractivity contribution < 1.29 is 4.39 Å². The molecule has 1 aromatic heterocycles. The molecule has 0 spiro atoms. The molecule has 0 atom stereocenters. The summed E-state index contributed by atoms with van der Waals surface area (Å²) in [6, 6.07) is 9.52. The Hall–Kier alpha value is -2.47. The molecule has 0 radical (unpaired) electrons. The summed E-state index contributed by atoms with van der Waals surface area (Å²) >= 11 is 6.23. The van der Waals surface area contributed by atoms with Crippen molar-refractivity contribution in [1.29, 1.82) is 0 Å². The number of hydrogen-bond donors (Lipinski definition) is 1. The number of rotatable bonds is 2. The zero-order chi connectivity index (χ0) is 15.0. The van der Waals surface area contributed by atoms with Crippen molar-refractivity contribution in [2.75, 3.05) is 5.73 Å². The standard InChI is InChI=1S/C14H11ClFN5/c1-8-3-2-4-11(15)13(8)21-14(18-19-20-21)10-7-9(16)5-6-12(10)17/h2-7H,17H2,1H3. The highest BCUT2D eigenvalue weighted by atomic mass is 35.5. The number of para-hydroxylation sites is 1. The second-order valence-corrected chi connectivity index (χ2v) is 4.96. The van der Waals surface area contributed by atoms with Gasteiger partial charge >= 0.3 is 0 Å². The fraction of sp³-hybridized carbons (Fsp3) is 0.0714. The second kappa shape index (κ2) is 5.14. The molecule has 0 amide bonds. The Kier molecular flexibility index (Phi) is 3.31. The highest BCUT2D eigenvalue weighted by Gasteiger charge is 2.17. The molecule has 5 nitrogen and oxygen atoms in total. The summed E-state index contributed by atoms with van der Waals surface area (Å²) < 4.78 is 14.9. The molecule has 0 bridgehead atoms. The fourth-order valence-corrected chi connectivity index (χ4v) is 2.42. The first-order valence-electron chi connectivity index (χ1n) is 6.17. The molecular formula is C14H11ClFN5. The number of tetrazole rings is 1. The maximum Gasteiger partial charge on any atom is 0.189 e. The van der Waals surface area contributed by atoms with Crippen molar-refractivity contribution in [3.8, 4) is 17.1 Å². The Bertz CT molecular complexity index is 795. The van der Waals surface area contributed by atoms with Crippen LogP contribution in [0.25, 0.3) is 17.1 Å². The van der Waals surface area contributed by atoms with E-state index in [4.69, 9.17) is 17.3 Å². The van der Waals surface area contributed by atoms with E-state index in [0.717, 1.165) is 5.56 Å². The van der Waals surface area contributed by atoms with Crippen molar-refractivity contribution in [2.45, 2.75) is 6.92 Å². The fourth-order valence-electron chi connectivity index (χ4n) is 2.12. The van der Waals surface area contributed by atoms with Crippen LogP contribution < -0.4 is 5.73 Å². The third kappa shape index (κ3) is 2.34. The molecular weight excluding hydrogens is 293 g/mol. The van der Waals surface area contributed by atoms with Crippen LogP contribution >= 0.6 is 11.6 Å². The predicted octanol–water partition coefficient (Wildman–Crippen LogP) is 3.01. The molecule has 2 N–H and O–H groups in total. The molecule has 0 aliphatic rings. The Morgan fingerprint density at radius 1 is 1.24 bits per heavy atom. The first-order valence-corrected chi connectivity index (χ1v) is 6.55. The van der Waals surface area contributed by atoms with Gasteiger partial charge in [-0.2, -0.15) is 4.68 Å². The van der Waals surface area contributed by atoms with Gasteiger partial charge in [-0.05, 0) is 47.2 Å². The number of aryl methyl sites for hydroxylation is 1. The van der Waals surface area contributed by atoms with Gasteiger partial charge in [0.05, 0.1) is 10.7 Å². The minimum Gasteiger partial charge on any atom is -0.398 e. The maximum atomic E-state index is 13.5. The van der Waals surface area contributed by atoms with Gasteiger partial charge in [0.2, 0.25) is 0 Å². The second-order valence-electron chi connectivity index (χ2n) is 4.55. The van der Waals surface area contributed by atoms with Gasteiger partial charge in [-0.15, -0.1) is 5.10 Å². The molecule has 0 fully saturated rings. The number of nitrogens with two attached hydrogens (primary N) is 1. The molecule has 0 unspecified atom stereocenters. The van der Waals surface area contributed by atoms with Gasteiger partial charge in [-0.25, -0.2) is 4.39 Å². The molecule has 106 valence electrons.